The summed E-state index contributed by atoms with van der Waals surface area (Å²) in [4.78, 5) is 0.838. The van der Waals surface area contributed by atoms with E-state index in [1.54, 1.807) is 0 Å². The van der Waals surface area contributed by atoms with Crippen molar-refractivity contribution in [3.8, 4) is 0 Å². The summed E-state index contributed by atoms with van der Waals surface area (Å²) < 4.78 is 26.2. The molecule has 0 atom stereocenters. The summed E-state index contributed by atoms with van der Waals surface area (Å²) in [7, 11) is 0. The Morgan fingerprint density at radius 3 is 2.46 bits per heavy atom. The first-order valence-corrected chi connectivity index (χ1v) is 5.50. The van der Waals surface area contributed by atoms with Crippen molar-refractivity contribution >= 4 is 27.3 Å². The van der Waals surface area contributed by atoms with E-state index in [0.29, 0.717) is 0 Å². The van der Waals surface area contributed by atoms with Crippen LogP contribution in [0, 0.1) is 0 Å². The minimum Gasteiger partial charge on any atom is -0.320 e. The smallest absolute Gasteiger partial charge is 0.252 e. The minimum atomic E-state index is -2.56. The first kappa shape index (κ1) is 9.55. The van der Waals surface area contributed by atoms with Crippen LogP contribution >= 0.6 is 27.3 Å². The second-order valence-corrected chi connectivity index (χ2v) is 5.32. The molecule has 2 N–H and O–H groups in total. The van der Waals surface area contributed by atoms with Gasteiger partial charge in [-0.1, -0.05) is 0 Å². The molecule has 1 aliphatic rings. The standard InChI is InChI=1S/C8H8BrF2NS/c9-5-1-6(13-2-5)7(12)3-8(10,11)4-7/h1-2H,3-4,12H2. The van der Waals surface area contributed by atoms with E-state index in [4.69, 9.17) is 5.73 Å². The average Bonchev–Trinajstić information content (AvgIpc) is 2.31. The van der Waals surface area contributed by atoms with Crippen LogP contribution in [-0.2, 0) is 5.54 Å². The van der Waals surface area contributed by atoms with Crippen molar-refractivity contribution in [2.75, 3.05) is 0 Å². The van der Waals surface area contributed by atoms with E-state index in [0.717, 1.165) is 9.35 Å². The average molecular weight is 268 g/mol. The molecule has 0 radical (unpaired) electrons. The van der Waals surface area contributed by atoms with Gasteiger partial charge in [-0.2, -0.15) is 0 Å². The lowest BCUT2D eigenvalue weighted by Crippen LogP contribution is -2.55. The molecule has 1 heterocycles. The van der Waals surface area contributed by atoms with Crippen LogP contribution in [-0.4, -0.2) is 5.92 Å². The van der Waals surface area contributed by atoms with Crippen LogP contribution in [0.25, 0.3) is 0 Å². The van der Waals surface area contributed by atoms with E-state index in [1.165, 1.54) is 11.3 Å². The van der Waals surface area contributed by atoms with E-state index in [9.17, 15) is 8.78 Å². The monoisotopic (exact) mass is 267 g/mol. The molecule has 0 aromatic carbocycles. The lowest BCUT2D eigenvalue weighted by atomic mass is 9.73. The maximum atomic E-state index is 12.6. The molecule has 5 heteroatoms. The highest BCUT2D eigenvalue weighted by molar-refractivity contribution is 9.10. The molecule has 0 unspecified atom stereocenters. The second kappa shape index (κ2) is 2.74. The summed E-state index contributed by atoms with van der Waals surface area (Å²) in [6, 6.07) is 1.82. The molecule has 0 aliphatic heterocycles. The van der Waals surface area contributed by atoms with Crippen LogP contribution in [0.4, 0.5) is 8.78 Å². The van der Waals surface area contributed by atoms with Gasteiger partial charge >= 0.3 is 0 Å². The van der Waals surface area contributed by atoms with Crippen molar-refractivity contribution < 1.29 is 8.78 Å². The third-order valence-electron chi connectivity index (χ3n) is 2.21. The fourth-order valence-electron chi connectivity index (χ4n) is 1.62. The van der Waals surface area contributed by atoms with E-state index in [1.807, 2.05) is 11.4 Å². The van der Waals surface area contributed by atoms with Gasteiger partial charge in [-0.15, -0.1) is 11.3 Å². The Morgan fingerprint density at radius 2 is 2.08 bits per heavy atom. The molecule has 2 rings (SSSR count). The first-order chi connectivity index (χ1) is 5.91. The largest absolute Gasteiger partial charge is 0.320 e. The zero-order valence-corrected chi connectivity index (χ0v) is 9.09. The van der Waals surface area contributed by atoms with Crippen LogP contribution in [0.1, 0.15) is 17.7 Å². The normalized spacial score (nSPS) is 24.0. The van der Waals surface area contributed by atoms with Crippen molar-refractivity contribution in [1.29, 1.82) is 0 Å². The van der Waals surface area contributed by atoms with Crippen LogP contribution in [0.15, 0.2) is 15.9 Å². The highest BCUT2D eigenvalue weighted by Crippen LogP contribution is 2.51. The van der Waals surface area contributed by atoms with Crippen molar-refractivity contribution in [1.82, 2.24) is 0 Å². The van der Waals surface area contributed by atoms with Gasteiger partial charge in [0.05, 0.1) is 5.54 Å². The molecule has 1 aromatic rings. The number of nitrogens with two attached hydrogens (primary N) is 1. The quantitative estimate of drug-likeness (QED) is 0.832. The second-order valence-electron chi connectivity index (χ2n) is 3.49. The van der Waals surface area contributed by atoms with E-state index in [-0.39, 0.29) is 12.8 Å². The Morgan fingerprint density at radius 1 is 1.46 bits per heavy atom. The number of alkyl halides is 2. The van der Waals surface area contributed by atoms with Gasteiger partial charge < -0.3 is 5.73 Å². The van der Waals surface area contributed by atoms with Crippen molar-refractivity contribution in [2.24, 2.45) is 5.73 Å². The van der Waals surface area contributed by atoms with Gasteiger partial charge in [0.25, 0.3) is 5.92 Å². The Labute approximate surface area is 87.1 Å². The fourth-order valence-corrected chi connectivity index (χ4v) is 3.16. The Hall–Kier alpha value is -0.0000000000000000833. The van der Waals surface area contributed by atoms with Crippen molar-refractivity contribution in [2.45, 2.75) is 24.3 Å². The maximum absolute atomic E-state index is 12.6. The van der Waals surface area contributed by atoms with Crippen molar-refractivity contribution in [3.63, 3.8) is 0 Å². The summed E-state index contributed by atoms with van der Waals surface area (Å²) in [6.07, 6.45) is -0.458. The van der Waals surface area contributed by atoms with Gasteiger partial charge in [-0.25, -0.2) is 8.78 Å². The number of halogens is 3. The van der Waals surface area contributed by atoms with Crippen LogP contribution in [0.2, 0.25) is 0 Å². The predicted molar refractivity (Wildman–Crippen MR) is 52.1 cm³/mol. The number of hydrogen-bond acceptors (Lipinski definition) is 2. The van der Waals surface area contributed by atoms with Crippen molar-refractivity contribution in [3.05, 3.63) is 20.8 Å². The molecular formula is C8H8BrF2NS. The highest BCUT2D eigenvalue weighted by atomic mass is 79.9. The first-order valence-electron chi connectivity index (χ1n) is 3.83. The molecular weight excluding hydrogens is 260 g/mol. The summed E-state index contributed by atoms with van der Waals surface area (Å²) in [5.41, 5.74) is 5.03. The third-order valence-corrected chi connectivity index (χ3v) is 4.12. The van der Waals surface area contributed by atoms with Gasteiger partial charge in [0, 0.05) is 27.6 Å². The summed E-state index contributed by atoms with van der Waals surface area (Å²) >= 11 is 4.70. The predicted octanol–water partition coefficient (Wildman–Crippen LogP) is 3.09. The lowest BCUT2D eigenvalue weighted by molar-refractivity contribution is -0.123. The summed E-state index contributed by atoms with van der Waals surface area (Å²) in [5.74, 6) is -2.56. The third kappa shape index (κ3) is 1.65. The lowest BCUT2D eigenvalue weighted by Gasteiger charge is -2.43. The van der Waals surface area contributed by atoms with Crippen LogP contribution < -0.4 is 5.73 Å². The van der Waals surface area contributed by atoms with E-state index >= 15 is 0 Å². The molecule has 1 fully saturated rings. The molecule has 1 aromatic heterocycles. The van der Waals surface area contributed by atoms with Gasteiger partial charge in [0.1, 0.15) is 0 Å². The molecule has 1 aliphatic carbocycles. The zero-order chi connectivity index (χ0) is 9.69. The molecule has 13 heavy (non-hydrogen) atoms. The fraction of sp³-hybridized carbons (Fsp3) is 0.500. The minimum absolute atomic E-state index is 0.229. The number of hydrogen-bond donors (Lipinski definition) is 1. The zero-order valence-electron chi connectivity index (χ0n) is 6.69. The molecule has 0 spiro atoms. The molecule has 1 nitrogen and oxygen atoms in total. The Bertz CT molecular complexity index is 329. The Balaban J connectivity index is 2.20. The summed E-state index contributed by atoms with van der Waals surface area (Å²) in [6.45, 7) is 0. The topological polar surface area (TPSA) is 26.0 Å². The van der Waals surface area contributed by atoms with E-state index < -0.39 is 11.5 Å². The molecule has 0 bridgehead atoms. The number of rotatable bonds is 1. The molecule has 72 valence electrons. The molecule has 0 saturated heterocycles. The van der Waals surface area contributed by atoms with Gasteiger partial charge in [-0.05, 0) is 22.0 Å². The number of thiophene rings is 1. The maximum Gasteiger partial charge on any atom is 0.252 e. The van der Waals surface area contributed by atoms with Crippen LogP contribution in [0.5, 0.6) is 0 Å². The molecule has 0 amide bonds. The van der Waals surface area contributed by atoms with Gasteiger partial charge in [-0.3, -0.25) is 0 Å². The highest BCUT2D eigenvalue weighted by Gasteiger charge is 2.55. The summed E-state index contributed by atoms with van der Waals surface area (Å²) in [5, 5.41) is 1.86. The Kier molecular flexibility index (Phi) is 2.02. The molecule has 1 saturated carbocycles. The van der Waals surface area contributed by atoms with Crippen LogP contribution in [0.3, 0.4) is 0 Å². The van der Waals surface area contributed by atoms with Gasteiger partial charge in [0.2, 0.25) is 0 Å². The SMILES string of the molecule is NC1(c2cc(Br)cs2)CC(F)(F)C1. The van der Waals surface area contributed by atoms with Gasteiger partial charge in [0.15, 0.2) is 0 Å². The van der Waals surface area contributed by atoms with E-state index in [2.05, 4.69) is 15.9 Å².